The zero-order valence-electron chi connectivity index (χ0n) is 19.2. The van der Waals surface area contributed by atoms with Crippen LogP contribution in [0.2, 0.25) is 0 Å². The van der Waals surface area contributed by atoms with Crippen molar-refractivity contribution in [3.63, 3.8) is 0 Å². The van der Waals surface area contributed by atoms with E-state index < -0.39 is 24.1 Å². The van der Waals surface area contributed by atoms with E-state index in [1.807, 2.05) is 36.4 Å². The van der Waals surface area contributed by atoms with E-state index in [4.69, 9.17) is 9.84 Å². The molecular formula is C27H26N2O6. The first kappa shape index (κ1) is 24.0. The molecule has 0 spiro atoms. The Morgan fingerprint density at radius 2 is 1.60 bits per heavy atom. The average Bonchev–Trinajstić information content (AvgIpc) is 3.17. The molecule has 3 aromatic carbocycles. The van der Waals surface area contributed by atoms with Crippen molar-refractivity contribution >= 4 is 23.7 Å². The Morgan fingerprint density at radius 3 is 2.23 bits per heavy atom. The number of aliphatic hydroxyl groups is 1. The van der Waals surface area contributed by atoms with E-state index in [0.29, 0.717) is 5.69 Å². The summed E-state index contributed by atoms with van der Waals surface area (Å²) in [4.78, 5) is 35.7. The van der Waals surface area contributed by atoms with Crippen LogP contribution in [-0.2, 0) is 9.53 Å². The number of carbonyl (C=O) groups is 3. The molecule has 1 atom stereocenters. The topological polar surface area (TPSA) is 125 Å². The summed E-state index contributed by atoms with van der Waals surface area (Å²) in [6.45, 7) is 1.96. The lowest BCUT2D eigenvalue weighted by molar-refractivity contribution is -0.146. The Labute approximate surface area is 202 Å². The maximum atomic E-state index is 12.6. The Kier molecular flexibility index (Phi) is 7.12. The molecule has 8 heteroatoms. The van der Waals surface area contributed by atoms with Gasteiger partial charge in [0.2, 0.25) is 0 Å². The van der Waals surface area contributed by atoms with Gasteiger partial charge in [-0.2, -0.15) is 0 Å². The van der Waals surface area contributed by atoms with Gasteiger partial charge in [-0.15, -0.1) is 0 Å². The Bertz CT molecular complexity index is 1230. The highest BCUT2D eigenvalue weighted by Crippen LogP contribution is 2.44. The third kappa shape index (κ3) is 5.33. The molecule has 0 bridgehead atoms. The lowest BCUT2D eigenvalue weighted by Gasteiger charge is -2.15. The van der Waals surface area contributed by atoms with Crippen molar-refractivity contribution in [3.8, 4) is 11.1 Å². The van der Waals surface area contributed by atoms with Crippen LogP contribution in [0.3, 0.4) is 0 Å². The molecule has 2 amide bonds. The maximum Gasteiger partial charge on any atom is 0.411 e. The fourth-order valence-electron chi connectivity index (χ4n) is 4.19. The van der Waals surface area contributed by atoms with E-state index in [1.165, 1.54) is 6.07 Å². The molecule has 0 fully saturated rings. The monoisotopic (exact) mass is 474 g/mol. The third-order valence-corrected chi connectivity index (χ3v) is 6.07. The van der Waals surface area contributed by atoms with Crippen molar-refractivity contribution in [2.75, 3.05) is 18.5 Å². The van der Waals surface area contributed by atoms with Crippen LogP contribution in [0.4, 0.5) is 10.5 Å². The molecule has 1 aliphatic carbocycles. The fourth-order valence-corrected chi connectivity index (χ4v) is 4.19. The van der Waals surface area contributed by atoms with Gasteiger partial charge in [0, 0.05) is 30.1 Å². The molecule has 0 aromatic heterocycles. The van der Waals surface area contributed by atoms with E-state index in [-0.39, 0.29) is 31.1 Å². The molecule has 3 aromatic rings. The van der Waals surface area contributed by atoms with Gasteiger partial charge in [0.15, 0.2) is 6.10 Å². The average molecular weight is 475 g/mol. The van der Waals surface area contributed by atoms with Crippen LogP contribution < -0.4 is 10.6 Å². The van der Waals surface area contributed by atoms with E-state index >= 15 is 0 Å². The molecule has 4 N–H and O–H groups in total. The van der Waals surface area contributed by atoms with Crippen molar-refractivity contribution in [2.24, 2.45) is 0 Å². The van der Waals surface area contributed by atoms with Gasteiger partial charge in [-0.1, -0.05) is 54.6 Å². The summed E-state index contributed by atoms with van der Waals surface area (Å²) in [5.41, 5.74) is 5.98. The third-order valence-electron chi connectivity index (χ3n) is 6.07. The first-order valence-corrected chi connectivity index (χ1v) is 11.3. The van der Waals surface area contributed by atoms with E-state index in [2.05, 4.69) is 22.8 Å². The first-order chi connectivity index (χ1) is 16.8. The minimum Gasteiger partial charge on any atom is -0.479 e. The summed E-state index contributed by atoms with van der Waals surface area (Å²) in [7, 11) is 0. The van der Waals surface area contributed by atoms with E-state index in [0.717, 1.165) is 27.8 Å². The predicted octanol–water partition coefficient (Wildman–Crippen LogP) is 3.92. The summed E-state index contributed by atoms with van der Waals surface area (Å²) in [6, 6.07) is 21.0. The quantitative estimate of drug-likeness (QED) is 0.392. The van der Waals surface area contributed by atoms with Crippen LogP contribution in [-0.4, -0.2) is 47.4 Å². The molecule has 0 saturated carbocycles. The van der Waals surface area contributed by atoms with Crippen LogP contribution in [0.25, 0.3) is 11.1 Å². The number of aliphatic carboxylic acids is 1. The number of benzene rings is 3. The zero-order valence-corrected chi connectivity index (χ0v) is 19.2. The number of aliphatic hydroxyl groups excluding tert-OH is 1. The van der Waals surface area contributed by atoms with Crippen molar-refractivity contribution in [1.29, 1.82) is 0 Å². The highest BCUT2D eigenvalue weighted by atomic mass is 16.5. The number of carbonyl (C=O) groups excluding carboxylic acids is 2. The van der Waals surface area contributed by atoms with Crippen LogP contribution in [0, 0.1) is 6.92 Å². The zero-order chi connectivity index (χ0) is 24.9. The van der Waals surface area contributed by atoms with Gasteiger partial charge in [-0.05, 0) is 46.9 Å². The van der Waals surface area contributed by atoms with E-state index in [1.54, 1.807) is 19.1 Å². The number of ether oxygens (including phenoxy) is 1. The second-order valence-electron chi connectivity index (χ2n) is 8.38. The van der Waals surface area contributed by atoms with Crippen LogP contribution in [0.15, 0.2) is 66.7 Å². The first-order valence-electron chi connectivity index (χ1n) is 11.3. The summed E-state index contributed by atoms with van der Waals surface area (Å²) < 4.78 is 5.58. The highest BCUT2D eigenvalue weighted by molar-refractivity contribution is 5.96. The summed E-state index contributed by atoms with van der Waals surface area (Å²) in [6.07, 6.45) is -2.28. The normalized spacial score (nSPS) is 12.9. The lowest BCUT2D eigenvalue weighted by atomic mass is 9.98. The van der Waals surface area contributed by atoms with Gasteiger partial charge in [0.05, 0.1) is 0 Å². The molecule has 35 heavy (non-hydrogen) atoms. The molecule has 0 aliphatic heterocycles. The van der Waals surface area contributed by atoms with Gasteiger partial charge >= 0.3 is 12.1 Å². The second-order valence-corrected chi connectivity index (χ2v) is 8.38. The largest absolute Gasteiger partial charge is 0.479 e. The Balaban J connectivity index is 1.38. The number of aryl methyl sites for hydroxylation is 1. The Hall–Kier alpha value is -4.17. The van der Waals surface area contributed by atoms with Gasteiger partial charge < -0.3 is 20.3 Å². The minimum atomic E-state index is -1.54. The molecule has 0 radical (unpaired) electrons. The number of carboxylic acid groups (broad SMARTS) is 1. The second kappa shape index (κ2) is 10.4. The lowest BCUT2D eigenvalue weighted by Crippen LogP contribution is -2.30. The fraction of sp³-hybridized carbons (Fsp3) is 0.222. The molecule has 0 heterocycles. The van der Waals surface area contributed by atoms with Crippen LogP contribution in [0.1, 0.15) is 39.4 Å². The number of hydrogen-bond donors (Lipinski definition) is 4. The Morgan fingerprint density at radius 1 is 0.971 bits per heavy atom. The minimum absolute atomic E-state index is 0.00465. The van der Waals surface area contributed by atoms with Gasteiger partial charge in [0.25, 0.3) is 5.91 Å². The maximum absolute atomic E-state index is 12.6. The van der Waals surface area contributed by atoms with Crippen LogP contribution >= 0.6 is 0 Å². The molecule has 0 unspecified atom stereocenters. The van der Waals surface area contributed by atoms with Gasteiger partial charge in [-0.3, -0.25) is 10.1 Å². The number of fused-ring (bicyclic) bond motifs is 3. The molecular weight excluding hydrogens is 448 g/mol. The van der Waals surface area contributed by atoms with Gasteiger partial charge in [0.1, 0.15) is 6.61 Å². The predicted molar refractivity (Wildman–Crippen MR) is 130 cm³/mol. The smallest absolute Gasteiger partial charge is 0.411 e. The highest BCUT2D eigenvalue weighted by Gasteiger charge is 2.29. The van der Waals surface area contributed by atoms with Crippen molar-refractivity contribution in [3.05, 3.63) is 89.0 Å². The molecule has 1 aliphatic rings. The number of nitrogens with one attached hydrogen (secondary N) is 2. The molecule has 8 nitrogen and oxygen atoms in total. The molecule has 180 valence electrons. The summed E-state index contributed by atoms with van der Waals surface area (Å²) in [5.74, 6) is -1.85. The van der Waals surface area contributed by atoms with Crippen molar-refractivity contribution in [1.82, 2.24) is 5.32 Å². The number of carboxylic acids is 1. The number of rotatable bonds is 8. The van der Waals surface area contributed by atoms with Gasteiger partial charge in [-0.25, -0.2) is 9.59 Å². The van der Waals surface area contributed by atoms with Crippen molar-refractivity contribution in [2.45, 2.75) is 25.4 Å². The number of hydrogen-bond acceptors (Lipinski definition) is 5. The summed E-state index contributed by atoms with van der Waals surface area (Å²) >= 11 is 0. The SMILES string of the molecule is Cc1ccc(C(=O)NCC[C@H](O)C(=O)O)cc1NC(=O)OCC1c2ccccc2-c2ccccc21. The summed E-state index contributed by atoms with van der Waals surface area (Å²) in [5, 5.41) is 23.3. The number of anilines is 1. The molecule has 0 saturated heterocycles. The standard InChI is InChI=1S/C27H26N2O6/c1-16-10-11-17(25(31)28-13-12-24(30)26(32)33)14-23(16)29-27(34)35-15-22-20-8-4-2-6-18(20)19-7-3-5-9-21(19)22/h2-11,14,22,24,30H,12-13,15H2,1H3,(H,28,31)(H,29,34)(H,32,33)/t24-/m0/s1. The number of amides is 2. The molecule has 4 rings (SSSR count). The van der Waals surface area contributed by atoms with E-state index in [9.17, 15) is 19.5 Å². The van der Waals surface area contributed by atoms with Crippen molar-refractivity contribution < 1.29 is 29.3 Å². The van der Waals surface area contributed by atoms with Crippen LogP contribution in [0.5, 0.6) is 0 Å².